The molecule has 3 aromatic rings. The molecule has 1 fully saturated rings. The molecule has 0 saturated carbocycles. The van der Waals surface area contributed by atoms with Crippen LogP contribution in [-0.2, 0) is 6.42 Å². The normalized spacial score (nSPS) is 14.9. The minimum atomic E-state index is 0.281. The van der Waals surface area contributed by atoms with Crippen LogP contribution in [0.15, 0.2) is 34.2 Å². The van der Waals surface area contributed by atoms with Gasteiger partial charge in [-0.1, -0.05) is 22.8 Å². The van der Waals surface area contributed by atoms with Crippen LogP contribution in [0.2, 0.25) is 5.02 Å². The van der Waals surface area contributed by atoms with Crippen LogP contribution in [0.3, 0.4) is 0 Å². The zero-order chi connectivity index (χ0) is 19.3. The number of halogens is 1. The third-order valence-electron chi connectivity index (χ3n) is 4.71. The van der Waals surface area contributed by atoms with Crippen LogP contribution in [0, 0.1) is 11.3 Å². The first-order valence-corrected chi connectivity index (χ1v) is 10.4. The fourth-order valence-corrected chi connectivity index (χ4v) is 4.00. The van der Waals surface area contributed by atoms with Crippen molar-refractivity contribution in [2.75, 3.05) is 37.6 Å². The molecule has 144 valence electrons. The predicted octanol–water partition coefficient (Wildman–Crippen LogP) is 3.47. The van der Waals surface area contributed by atoms with Gasteiger partial charge in [0.15, 0.2) is 5.69 Å². The number of thiophene rings is 1. The Morgan fingerprint density at radius 2 is 2.04 bits per heavy atom. The summed E-state index contributed by atoms with van der Waals surface area (Å²) in [6.07, 6.45) is 1.76. The highest BCUT2D eigenvalue weighted by Crippen LogP contribution is 2.22. The van der Waals surface area contributed by atoms with Crippen molar-refractivity contribution in [3.8, 4) is 16.8 Å². The first-order valence-electron chi connectivity index (χ1n) is 9.13. The van der Waals surface area contributed by atoms with Crippen molar-refractivity contribution < 1.29 is 4.52 Å². The smallest absolute Gasteiger partial charge is 0.227 e. The molecule has 0 N–H and O–H groups in total. The van der Waals surface area contributed by atoms with Crippen LogP contribution in [0.1, 0.15) is 18.0 Å². The first-order chi connectivity index (χ1) is 13.7. The Bertz CT molecular complexity index is 959. The molecule has 4 heterocycles. The summed E-state index contributed by atoms with van der Waals surface area (Å²) in [7, 11) is 0. The number of nitrogens with zero attached hydrogens (tertiary/aromatic N) is 6. The molecule has 1 aliphatic rings. The summed E-state index contributed by atoms with van der Waals surface area (Å²) in [6.45, 7) is 4.65. The van der Waals surface area contributed by atoms with E-state index in [2.05, 4.69) is 24.9 Å². The molecule has 0 aromatic carbocycles. The molecule has 9 heteroatoms. The van der Waals surface area contributed by atoms with Crippen LogP contribution < -0.4 is 4.90 Å². The molecular weight excluding hydrogens is 396 g/mol. The molecule has 3 aromatic heterocycles. The minimum absolute atomic E-state index is 0.281. The Hall–Kier alpha value is -2.47. The van der Waals surface area contributed by atoms with E-state index >= 15 is 0 Å². The number of rotatable bonds is 6. The van der Waals surface area contributed by atoms with Gasteiger partial charge in [0.05, 0.1) is 9.90 Å². The van der Waals surface area contributed by atoms with E-state index < -0.39 is 0 Å². The van der Waals surface area contributed by atoms with Gasteiger partial charge in [0, 0.05) is 32.6 Å². The summed E-state index contributed by atoms with van der Waals surface area (Å²) in [5.41, 5.74) is 0.281. The van der Waals surface area contributed by atoms with Gasteiger partial charge in [-0.3, -0.25) is 4.90 Å². The monoisotopic (exact) mass is 414 g/mol. The molecule has 28 heavy (non-hydrogen) atoms. The molecule has 7 nitrogen and oxygen atoms in total. The van der Waals surface area contributed by atoms with Crippen molar-refractivity contribution in [3.63, 3.8) is 0 Å². The molecule has 4 rings (SSSR count). The molecule has 0 aliphatic carbocycles. The van der Waals surface area contributed by atoms with Crippen molar-refractivity contribution in [2.24, 2.45) is 0 Å². The van der Waals surface area contributed by atoms with E-state index in [9.17, 15) is 0 Å². The number of piperazine rings is 1. The molecule has 0 spiro atoms. The highest BCUT2D eigenvalue weighted by Gasteiger charge is 2.19. The summed E-state index contributed by atoms with van der Waals surface area (Å²) >= 11 is 7.58. The maximum absolute atomic E-state index is 9.09. The third-order valence-corrected chi connectivity index (χ3v) is 5.88. The molecule has 0 unspecified atom stereocenters. The van der Waals surface area contributed by atoms with Gasteiger partial charge < -0.3 is 9.42 Å². The average Bonchev–Trinajstić information content (AvgIpc) is 3.41. The van der Waals surface area contributed by atoms with Gasteiger partial charge in [0.25, 0.3) is 0 Å². The average molecular weight is 415 g/mol. The lowest BCUT2D eigenvalue weighted by Crippen LogP contribution is -2.47. The lowest BCUT2D eigenvalue weighted by Gasteiger charge is -2.35. The summed E-state index contributed by atoms with van der Waals surface area (Å²) < 4.78 is 5.36. The van der Waals surface area contributed by atoms with Crippen molar-refractivity contribution in [2.45, 2.75) is 12.8 Å². The van der Waals surface area contributed by atoms with Crippen molar-refractivity contribution in [1.29, 1.82) is 5.26 Å². The predicted molar refractivity (Wildman–Crippen MR) is 109 cm³/mol. The Balaban J connectivity index is 1.23. The molecular formula is C19H19ClN6OS. The highest BCUT2D eigenvalue weighted by atomic mass is 35.5. The second-order valence-corrected chi connectivity index (χ2v) is 7.89. The SMILES string of the molecule is N#Cc1nc(N2CCN(CCCc3nc(-c4cccs4)no3)CC2)ccc1Cl. The van der Waals surface area contributed by atoms with E-state index in [4.69, 9.17) is 21.4 Å². The molecule has 0 amide bonds. The van der Waals surface area contributed by atoms with E-state index in [1.165, 1.54) is 0 Å². The van der Waals surface area contributed by atoms with Gasteiger partial charge in [-0.25, -0.2) is 4.98 Å². The van der Waals surface area contributed by atoms with Crippen LogP contribution in [-0.4, -0.2) is 52.7 Å². The van der Waals surface area contributed by atoms with Crippen LogP contribution in [0.25, 0.3) is 10.7 Å². The maximum atomic E-state index is 9.09. The molecule has 0 radical (unpaired) electrons. The van der Waals surface area contributed by atoms with Crippen LogP contribution in [0.5, 0.6) is 0 Å². The quantitative estimate of drug-likeness (QED) is 0.610. The molecule has 0 bridgehead atoms. The van der Waals surface area contributed by atoms with Gasteiger partial charge in [-0.15, -0.1) is 11.3 Å². The minimum Gasteiger partial charge on any atom is -0.354 e. The number of anilines is 1. The van der Waals surface area contributed by atoms with Crippen molar-refractivity contribution in [1.82, 2.24) is 20.0 Å². The lowest BCUT2D eigenvalue weighted by molar-refractivity contribution is 0.250. The van der Waals surface area contributed by atoms with E-state index in [1.54, 1.807) is 17.4 Å². The molecule has 1 aliphatic heterocycles. The third kappa shape index (κ3) is 4.33. The zero-order valence-electron chi connectivity index (χ0n) is 15.2. The lowest BCUT2D eigenvalue weighted by atomic mass is 10.2. The standard InChI is InChI=1S/C19H19ClN6OS/c20-14-5-6-17(22-15(14)13-21)26-10-8-25(9-11-26)7-1-4-18-23-19(24-27-18)16-3-2-12-28-16/h2-3,5-6,12H,1,4,7-11H2. The number of aryl methyl sites for hydroxylation is 1. The number of pyridine rings is 1. The Morgan fingerprint density at radius 3 is 2.79 bits per heavy atom. The Kier molecular flexibility index (Phi) is 5.86. The van der Waals surface area contributed by atoms with E-state index in [0.29, 0.717) is 16.7 Å². The van der Waals surface area contributed by atoms with Crippen molar-refractivity contribution >= 4 is 28.8 Å². The summed E-state index contributed by atoms with van der Waals surface area (Å²) in [4.78, 5) is 14.5. The second-order valence-electron chi connectivity index (χ2n) is 6.53. The zero-order valence-corrected chi connectivity index (χ0v) is 16.8. The van der Waals surface area contributed by atoms with Crippen LogP contribution in [0.4, 0.5) is 5.82 Å². The fraction of sp³-hybridized carbons (Fsp3) is 0.368. The van der Waals surface area contributed by atoms with Gasteiger partial charge in [0.2, 0.25) is 11.7 Å². The Labute approximate surface area is 172 Å². The summed E-state index contributed by atoms with van der Waals surface area (Å²) in [6, 6.07) is 9.63. The van der Waals surface area contributed by atoms with Gasteiger partial charge in [-0.05, 0) is 36.5 Å². The van der Waals surface area contributed by atoms with Gasteiger partial charge in [0.1, 0.15) is 11.9 Å². The fourth-order valence-electron chi connectivity index (χ4n) is 3.20. The largest absolute Gasteiger partial charge is 0.354 e. The number of hydrogen-bond acceptors (Lipinski definition) is 8. The second kappa shape index (κ2) is 8.69. The highest BCUT2D eigenvalue weighted by molar-refractivity contribution is 7.13. The first kappa shape index (κ1) is 18.9. The van der Waals surface area contributed by atoms with Gasteiger partial charge >= 0.3 is 0 Å². The summed E-state index contributed by atoms with van der Waals surface area (Å²) in [5, 5.41) is 15.5. The van der Waals surface area contributed by atoms with E-state index in [-0.39, 0.29) is 5.69 Å². The van der Waals surface area contributed by atoms with Crippen molar-refractivity contribution in [3.05, 3.63) is 46.3 Å². The Morgan fingerprint density at radius 1 is 1.18 bits per heavy atom. The van der Waals surface area contributed by atoms with Gasteiger partial charge in [-0.2, -0.15) is 10.2 Å². The topological polar surface area (TPSA) is 82.1 Å². The number of nitriles is 1. The van der Waals surface area contributed by atoms with E-state index in [0.717, 1.165) is 56.3 Å². The van der Waals surface area contributed by atoms with Crippen LogP contribution >= 0.6 is 22.9 Å². The molecule has 0 atom stereocenters. The number of aromatic nitrogens is 3. The maximum Gasteiger partial charge on any atom is 0.227 e. The van der Waals surface area contributed by atoms with E-state index in [1.807, 2.05) is 29.6 Å². The number of hydrogen-bond donors (Lipinski definition) is 0. The molecule has 1 saturated heterocycles. The summed E-state index contributed by atoms with van der Waals surface area (Å²) in [5.74, 6) is 2.18.